The van der Waals surface area contributed by atoms with Crippen LogP contribution in [0.2, 0.25) is 0 Å². The molecule has 0 saturated heterocycles. The highest BCUT2D eigenvalue weighted by atomic mass is 19.3. The number of hydrogen-bond donors (Lipinski definition) is 0. The highest BCUT2D eigenvalue weighted by Gasteiger charge is 2.23. The van der Waals surface area contributed by atoms with Crippen molar-refractivity contribution in [3.63, 3.8) is 0 Å². The predicted octanol–water partition coefficient (Wildman–Crippen LogP) is 4.23. The van der Waals surface area contributed by atoms with Crippen molar-refractivity contribution in [1.29, 1.82) is 0 Å². The molecule has 1 heterocycles. The summed E-state index contributed by atoms with van der Waals surface area (Å²) in [5, 5.41) is 0. The first-order chi connectivity index (χ1) is 10.0. The van der Waals surface area contributed by atoms with E-state index in [9.17, 15) is 13.6 Å². The number of rotatable bonds is 6. The molecule has 2 aromatic rings. The van der Waals surface area contributed by atoms with Gasteiger partial charge in [0.05, 0.1) is 11.0 Å². The monoisotopic (exact) mass is 296 g/mol. The molecule has 21 heavy (non-hydrogen) atoms. The lowest BCUT2D eigenvalue weighted by Gasteiger charge is -2.15. The molecule has 0 aliphatic carbocycles. The number of carbonyl (C=O) groups is 1. The summed E-state index contributed by atoms with van der Waals surface area (Å²) in [7, 11) is 0. The van der Waals surface area contributed by atoms with Gasteiger partial charge in [-0.1, -0.05) is 25.5 Å². The van der Waals surface area contributed by atoms with Gasteiger partial charge in [-0.25, -0.2) is 4.98 Å². The van der Waals surface area contributed by atoms with Gasteiger partial charge in [-0.3, -0.25) is 9.36 Å². The highest BCUT2D eigenvalue weighted by molar-refractivity contribution is 5.76. The van der Waals surface area contributed by atoms with Gasteiger partial charge in [0.1, 0.15) is 0 Å². The number of unbranched alkanes of at least 4 members (excludes halogenated alkanes) is 1. The zero-order valence-electron chi connectivity index (χ0n) is 12.1. The number of carbonyl (C=O) groups excluding carboxylic acids is 1. The average molecular weight is 296 g/mol. The fourth-order valence-electron chi connectivity index (χ4n) is 2.18. The van der Waals surface area contributed by atoms with Crippen LogP contribution in [0, 0.1) is 0 Å². The van der Waals surface area contributed by atoms with Gasteiger partial charge in [0.25, 0.3) is 0 Å². The first-order valence-corrected chi connectivity index (χ1v) is 6.99. The second-order valence-electron chi connectivity index (χ2n) is 4.84. The Morgan fingerprint density at radius 2 is 2.10 bits per heavy atom. The summed E-state index contributed by atoms with van der Waals surface area (Å²) in [5.74, 6) is -0.326. The molecule has 0 amide bonds. The van der Waals surface area contributed by atoms with Gasteiger partial charge in [-0.15, -0.1) is 0 Å². The Balaban J connectivity index is 2.28. The zero-order valence-corrected chi connectivity index (χ0v) is 12.1. The third kappa shape index (κ3) is 3.37. The summed E-state index contributed by atoms with van der Waals surface area (Å²) in [6, 6.07) is 6.63. The van der Waals surface area contributed by atoms with Gasteiger partial charge in [0.2, 0.25) is 0 Å². The van der Waals surface area contributed by atoms with E-state index in [1.165, 1.54) is 0 Å². The lowest BCUT2D eigenvalue weighted by Crippen LogP contribution is -2.14. The Hall–Kier alpha value is -1.98. The van der Waals surface area contributed by atoms with Crippen molar-refractivity contribution in [1.82, 2.24) is 9.55 Å². The summed E-state index contributed by atoms with van der Waals surface area (Å²) in [6.07, 6.45) is 1.07. The van der Waals surface area contributed by atoms with Crippen molar-refractivity contribution in [2.45, 2.75) is 45.8 Å². The number of aromatic nitrogens is 2. The molecule has 0 bridgehead atoms. The number of nitrogens with zero attached hydrogens (tertiary/aromatic N) is 2. The predicted molar refractivity (Wildman–Crippen MR) is 75.0 cm³/mol. The van der Waals surface area contributed by atoms with E-state index in [4.69, 9.17) is 4.74 Å². The van der Waals surface area contributed by atoms with Crippen molar-refractivity contribution in [3.05, 3.63) is 30.1 Å². The lowest BCUT2D eigenvalue weighted by atomic mass is 10.2. The molecule has 0 aliphatic rings. The molecule has 1 aromatic carbocycles. The fourth-order valence-corrected chi connectivity index (χ4v) is 2.18. The molecule has 114 valence electrons. The second kappa shape index (κ2) is 6.65. The molecule has 0 radical (unpaired) electrons. The largest absolute Gasteiger partial charge is 0.454 e. The van der Waals surface area contributed by atoms with Gasteiger partial charge in [0, 0.05) is 6.42 Å². The van der Waals surface area contributed by atoms with Gasteiger partial charge < -0.3 is 4.74 Å². The normalized spacial score (nSPS) is 12.8. The van der Waals surface area contributed by atoms with E-state index in [-0.39, 0.29) is 12.2 Å². The molecule has 1 unspecified atom stereocenters. The number of hydrogen-bond acceptors (Lipinski definition) is 3. The molecule has 0 N–H and O–H groups in total. The molecule has 0 saturated carbocycles. The van der Waals surface area contributed by atoms with E-state index in [0.717, 1.165) is 17.4 Å². The van der Waals surface area contributed by atoms with Crippen LogP contribution in [-0.4, -0.2) is 15.5 Å². The summed E-state index contributed by atoms with van der Waals surface area (Å²) in [4.78, 5) is 15.8. The van der Waals surface area contributed by atoms with E-state index in [1.807, 2.05) is 6.92 Å². The standard InChI is InChI=1S/C15H18F2N2O2/c1-3-4-9-13(20)21-10(2)14-18-11-7-5-6-8-12(11)19(14)15(16)17/h5-8,10,15H,3-4,9H2,1-2H3. The van der Waals surface area contributed by atoms with Gasteiger partial charge in [-0.05, 0) is 25.5 Å². The van der Waals surface area contributed by atoms with Crippen molar-refractivity contribution in [3.8, 4) is 0 Å². The van der Waals surface area contributed by atoms with Crippen LogP contribution < -0.4 is 0 Å². The third-order valence-corrected chi connectivity index (χ3v) is 3.22. The minimum Gasteiger partial charge on any atom is -0.454 e. The van der Waals surface area contributed by atoms with Gasteiger partial charge in [0.15, 0.2) is 11.9 Å². The van der Waals surface area contributed by atoms with Gasteiger partial charge in [-0.2, -0.15) is 8.78 Å². The summed E-state index contributed by atoms with van der Waals surface area (Å²) in [6.45, 7) is 0.792. The van der Waals surface area contributed by atoms with Crippen LogP contribution in [0.4, 0.5) is 8.78 Å². The molecular formula is C15H18F2N2O2. The van der Waals surface area contributed by atoms with Crippen LogP contribution >= 0.6 is 0 Å². The molecule has 1 atom stereocenters. The fraction of sp³-hybridized carbons (Fsp3) is 0.467. The first-order valence-electron chi connectivity index (χ1n) is 6.99. The van der Waals surface area contributed by atoms with E-state index in [0.29, 0.717) is 11.0 Å². The van der Waals surface area contributed by atoms with E-state index in [1.54, 1.807) is 31.2 Å². The lowest BCUT2D eigenvalue weighted by molar-refractivity contribution is -0.149. The topological polar surface area (TPSA) is 44.1 Å². The maximum absolute atomic E-state index is 13.3. The Morgan fingerprint density at radius 1 is 1.38 bits per heavy atom. The van der Waals surface area contributed by atoms with E-state index < -0.39 is 18.6 Å². The Kier molecular flexibility index (Phi) is 4.88. The van der Waals surface area contributed by atoms with Gasteiger partial charge >= 0.3 is 12.5 Å². The SMILES string of the molecule is CCCCC(=O)OC(C)c1nc2ccccc2n1C(F)F. The minimum atomic E-state index is -2.73. The van der Waals surface area contributed by atoms with Crippen LogP contribution in [0.3, 0.4) is 0 Å². The molecule has 0 aliphatic heterocycles. The number of fused-ring (bicyclic) bond motifs is 1. The first kappa shape index (κ1) is 15.4. The molecule has 6 heteroatoms. The second-order valence-corrected chi connectivity index (χ2v) is 4.84. The van der Waals surface area contributed by atoms with Crippen LogP contribution in [0.15, 0.2) is 24.3 Å². The highest BCUT2D eigenvalue weighted by Crippen LogP contribution is 2.28. The summed E-state index contributed by atoms with van der Waals surface area (Å²) in [5.41, 5.74) is 0.795. The molecule has 0 spiro atoms. The Morgan fingerprint density at radius 3 is 2.76 bits per heavy atom. The number of para-hydroxylation sites is 2. The smallest absolute Gasteiger partial charge is 0.320 e. The molecule has 0 fully saturated rings. The zero-order chi connectivity index (χ0) is 15.4. The number of imidazole rings is 1. The number of ether oxygens (including phenoxy) is 1. The van der Waals surface area contributed by atoms with E-state index in [2.05, 4.69) is 4.98 Å². The number of benzene rings is 1. The van der Waals surface area contributed by atoms with Crippen molar-refractivity contribution >= 4 is 17.0 Å². The maximum atomic E-state index is 13.3. The third-order valence-electron chi connectivity index (χ3n) is 3.22. The number of esters is 1. The van der Waals surface area contributed by atoms with Crippen molar-refractivity contribution < 1.29 is 18.3 Å². The molecular weight excluding hydrogens is 278 g/mol. The summed E-state index contributed by atoms with van der Waals surface area (Å²) < 4.78 is 32.6. The average Bonchev–Trinajstić information content (AvgIpc) is 2.84. The van der Waals surface area contributed by atoms with Crippen LogP contribution in [-0.2, 0) is 9.53 Å². The van der Waals surface area contributed by atoms with Crippen LogP contribution in [0.1, 0.15) is 51.6 Å². The van der Waals surface area contributed by atoms with Crippen molar-refractivity contribution in [2.24, 2.45) is 0 Å². The molecule has 2 rings (SSSR count). The molecule has 1 aromatic heterocycles. The van der Waals surface area contributed by atoms with Crippen LogP contribution in [0.5, 0.6) is 0 Å². The Bertz CT molecular complexity index is 625. The van der Waals surface area contributed by atoms with E-state index >= 15 is 0 Å². The summed E-state index contributed by atoms with van der Waals surface area (Å²) >= 11 is 0. The number of halogens is 2. The minimum absolute atomic E-state index is 0.0658. The van der Waals surface area contributed by atoms with Crippen LogP contribution in [0.25, 0.3) is 11.0 Å². The van der Waals surface area contributed by atoms with Crippen molar-refractivity contribution in [2.75, 3.05) is 0 Å². The maximum Gasteiger partial charge on any atom is 0.320 e. The number of alkyl halides is 2. The quantitative estimate of drug-likeness (QED) is 0.749. The Labute approximate surface area is 121 Å². The molecule has 4 nitrogen and oxygen atoms in total.